The fourth-order valence-corrected chi connectivity index (χ4v) is 3.60. The molecule has 1 aliphatic carbocycles. The zero-order valence-electron chi connectivity index (χ0n) is 13.7. The Hall–Kier alpha value is -2.53. The smallest absolute Gasteiger partial charge is 0.262 e. The lowest BCUT2D eigenvalue weighted by molar-refractivity contribution is -0.128. The number of hydrogen-bond donors (Lipinski definition) is 1. The van der Waals surface area contributed by atoms with Crippen LogP contribution in [-0.4, -0.2) is 31.5 Å². The van der Waals surface area contributed by atoms with E-state index in [-0.39, 0.29) is 24.3 Å². The van der Waals surface area contributed by atoms with E-state index in [9.17, 15) is 9.59 Å². The average Bonchev–Trinajstić information content (AvgIpc) is 2.62. The van der Waals surface area contributed by atoms with Crippen LogP contribution in [0.15, 0.2) is 42.5 Å². The summed E-state index contributed by atoms with van der Waals surface area (Å²) in [6.07, 6.45) is -0.0297. The molecule has 128 valence electrons. The second-order valence-corrected chi connectivity index (χ2v) is 6.67. The highest BCUT2D eigenvalue weighted by Gasteiger charge is 2.40. The van der Waals surface area contributed by atoms with Gasteiger partial charge in [-0.25, -0.2) is 0 Å². The fourth-order valence-electron chi connectivity index (χ4n) is 3.42. The van der Waals surface area contributed by atoms with Crippen molar-refractivity contribution in [2.45, 2.75) is 18.4 Å². The van der Waals surface area contributed by atoms with E-state index in [2.05, 4.69) is 5.32 Å². The van der Waals surface area contributed by atoms with Crippen molar-refractivity contribution in [2.75, 3.05) is 18.5 Å². The molecule has 4 rings (SSSR count). The number of nitrogens with one attached hydrogen (secondary N) is 1. The standard InChI is InChI=1S/C19H17ClN2O3/c1-21-18(23)17-10-22(15-4-2-3-5-16(15)25-17)19(24)14-8-11-6-7-12(20)9-13(11)14/h2-7,9,14,17H,8,10H2,1H3,(H,21,23). The van der Waals surface area contributed by atoms with Crippen LogP contribution in [0.25, 0.3) is 0 Å². The monoisotopic (exact) mass is 356 g/mol. The molecule has 2 aromatic carbocycles. The van der Waals surface area contributed by atoms with Crippen LogP contribution >= 0.6 is 11.6 Å². The Labute approximate surface area is 150 Å². The molecule has 0 saturated heterocycles. The van der Waals surface area contributed by atoms with Crippen LogP contribution in [0.3, 0.4) is 0 Å². The van der Waals surface area contributed by atoms with E-state index in [4.69, 9.17) is 16.3 Å². The van der Waals surface area contributed by atoms with E-state index in [1.165, 1.54) is 0 Å². The Balaban J connectivity index is 1.67. The van der Waals surface area contributed by atoms with Crippen LogP contribution < -0.4 is 15.0 Å². The van der Waals surface area contributed by atoms with Gasteiger partial charge in [-0.15, -0.1) is 0 Å². The minimum atomic E-state index is -0.720. The highest BCUT2D eigenvalue weighted by molar-refractivity contribution is 6.30. The van der Waals surface area contributed by atoms with E-state index < -0.39 is 6.10 Å². The van der Waals surface area contributed by atoms with E-state index >= 15 is 0 Å². The Morgan fingerprint density at radius 3 is 2.84 bits per heavy atom. The maximum Gasteiger partial charge on any atom is 0.262 e. The zero-order chi connectivity index (χ0) is 17.6. The summed E-state index contributed by atoms with van der Waals surface area (Å²) in [7, 11) is 1.56. The van der Waals surface area contributed by atoms with Crippen molar-refractivity contribution in [3.8, 4) is 5.75 Å². The average molecular weight is 357 g/mol. The molecule has 0 radical (unpaired) electrons. The van der Waals surface area contributed by atoms with Crippen LogP contribution in [0.5, 0.6) is 5.75 Å². The van der Waals surface area contributed by atoms with Crippen molar-refractivity contribution in [3.63, 3.8) is 0 Å². The Kier molecular flexibility index (Phi) is 3.88. The molecule has 0 fully saturated rings. The molecule has 0 aromatic heterocycles. The number of amides is 2. The van der Waals surface area contributed by atoms with Crippen LogP contribution in [0, 0.1) is 0 Å². The van der Waals surface area contributed by atoms with Gasteiger partial charge in [0.2, 0.25) is 5.91 Å². The third-order valence-electron chi connectivity index (χ3n) is 4.78. The number of ether oxygens (including phenoxy) is 1. The first kappa shape index (κ1) is 16.0. The summed E-state index contributed by atoms with van der Waals surface area (Å²) in [5.74, 6) is 0.0373. The highest BCUT2D eigenvalue weighted by atomic mass is 35.5. The van der Waals surface area contributed by atoms with Crippen LogP contribution in [-0.2, 0) is 16.0 Å². The van der Waals surface area contributed by atoms with Crippen LogP contribution in [0.2, 0.25) is 5.02 Å². The lowest BCUT2D eigenvalue weighted by atomic mass is 9.76. The Morgan fingerprint density at radius 2 is 2.04 bits per heavy atom. The van der Waals surface area contributed by atoms with Crippen molar-refractivity contribution in [2.24, 2.45) is 0 Å². The van der Waals surface area contributed by atoms with Gasteiger partial charge in [0.1, 0.15) is 5.75 Å². The quantitative estimate of drug-likeness (QED) is 0.899. The summed E-state index contributed by atoms with van der Waals surface area (Å²) in [6, 6.07) is 12.9. The number of halogens is 1. The van der Waals surface area contributed by atoms with Gasteiger partial charge in [-0.3, -0.25) is 9.59 Å². The number of anilines is 1. The van der Waals surface area contributed by atoms with Crippen molar-refractivity contribution in [3.05, 3.63) is 58.6 Å². The molecular formula is C19H17ClN2O3. The number of para-hydroxylation sites is 2. The fraction of sp³-hybridized carbons (Fsp3) is 0.263. The third-order valence-corrected chi connectivity index (χ3v) is 5.02. The molecule has 1 N–H and O–H groups in total. The van der Waals surface area contributed by atoms with Crippen molar-refractivity contribution >= 4 is 29.1 Å². The summed E-state index contributed by atoms with van der Waals surface area (Å²) < 4.78 is 5.76. The van der Waals surface area contributed by atoms with E-state index in [1.54, 1.807) is 18.0 Å². The predicted octanol–water partition coefficient (Wildman–Crippen LogP) is 2.52. The molecule has 2 amide bonds. The molecule has 0 spiro atoms. The number of hydrogen-bond acceptors (Lipinski definition) is 3. The lowest BCUT2D eigenvalue weighted by Gasteiger charge is -2.38. The second-order valence-electron chi connectivity index (χ2n) is 6.24. The van der Waals surface area contributed by atoms with Gasteiger partial charge in [-0.05, 0) is 41.8 Å². The molecule has 2 aromatic rings. The molecule has 0 bridgehead atoms. The number of carbonyl (C=O) groups excluding carboxylic acids is 2. The predicted molar refractivity (Wildman–Crippen MR) is 95.2 cm³/mol. The van der Waals surface area contributed by atoms with E-state index in [0.29, 0.717) is 22.9 Å². The second kappa shape index (κ2) is 6.08. The number of nitrogens with zero attached hydrogens (tertiary/aromatic N) is 1. The number of benzene rings is 2. The maximum absolute atomic E-state index is 13.2. The minimum Gasteiger partial charge on any atom is -0.477 e. The summed E-state index contributed by atoms with van der Waals surface area (Å²) >= 11 is 6.07. The normalized spacial score (nSPS) is 20.6. The molecular weight excluding hydrogens is 340 g/mol. The van der Waals surface area contributed by atoms with Gasteiger partial charge >= 0.3 is 0 Å². The van der Waals surface area contributed by atoms with Gasteiger partial charge in [-0.1, -0.05) is 29.8 Å². The first-order chi connectivity index (χ1) is 12.1. The zero-order valence-corrected chi connectivity index (χ0v) is 14.4. The first-order valence-corrected chi connectivity index (χ1v) is 8.53. The van der Waals surface area contributed by atoms with Gasteiger partial charge in [0.15, 0.2) is 6.10 Å². The molecule has 2 unspecified atom stereocenters. The molecule has 1 aliphatic heterocycles. The van der Waals surface area contributed by atoms with Crippen LogP contribution in [0.4, 0.5) is 5.69 Å². The first-order valence-electron chi connectivity index (χ1n) is 8.15. The molecule has 2 atom stereocenters. The summed E-state index contributed by atoms with van der Waals surface area (Å²) in [5, 5.41) is 3.21. The number of fused-ring (bicyclic) bond motifs is 2. The molecule has 1 heterocycles. The van der Waals surface area contributed by atoms with Gasteiger partial charge < -0.3 is 15.0 Å². The summed E-state index contributed by atoms with van der Waals surface area (Å²) in [6.45, 7) is 0.196. The maximum atomic E-state index is 13.2. The molecule has 0 saturated carbocycles. The number of rotatable bonds is 2. The van der Waals surface area contributed by atoms with E-state index in [1.807, 2.05) is 36.4 Å². The lowest BCUT2D eigenvalue weighted by Crippen LogP contribution is -2.52. The largest absolute Gasteiger partial charge is 0.477 e. The topological polar surface area (TPSA) is 58.6 Å². The SMILES string of the molecule is CNC(=O)C1CN(C(=O)C2Cc3ccc(Cl)cc32)c2ccccc2O1. The Morgan fingerprint density at radius 1 is 1.24 bits per heavy atom. The molecule has 25 heavy (non-hydrogen) atoms. The molecule has 5 nitrogen and oxygen atoms in total. The highest BCUT2D eigenvalue weighted by Crippen LogP contribution is 2.41. The summed E-state index contributed by atoms with van der Waals surface area (Å²) in [5.41, 5.74) is 2.81. The molecule has 6 heteroatoms. The minimum absolute atomic E-state index is 0.0283. The van der Waals surface area contributed by atoms with Gasteiger partial charge in [0.25, 0.3) is 5.91 Å². The van der Waals surface area contributed by atoms with E-state index in [0.717, 1.165) is 11.1 Å². The van der Waals surface area contributed by atoms with Crippen LogP contribution in [0.1, 0.15) is 17.0 Å². The van der Waals surface area contributed by atoms with Crippen molar-refractivity contribution < 1.29 is 14.3 Å². The van der Waals surface area contributed by atoms with Crippen molar-refractivity contribution in [1.29, 1.82) is 0 Å². The van der Waals surface area contributed by atoms with Crippen molar-refractivity contribution in [1.82, 2.24) is 5.32 Å². The summed E-state index contributed by atoms with van der Waals surface area (Å²) in [4.78, 5) is 26.9. The van der Waals surface area contributed by atoms with Gasteiger partial charge in [0, 0.05) is 12.1 Å². The van der Waals surface area contributed by atoms with Gasteiger partial charge in [0.05, 0.1) is 18.2 Å². The number of carbonyl (C=O) groups is 2. The third kappa shape index (κ3) is 2.65. The molecule has 2 aliphatic rings. The van der Waals surface area contributed by atoms with Gasteiger partial charge in [-0.2, -0.15) is 0 Å². The Bertz CT molecular complexity index is 867. The number of likely N-dealkylation sites (N-methyl/N-ethyl adjacent to an activating group) is 1.